The van der Waals surface area contributed by atoms with Crippen molar-refractivity contribution in [3.05, 3.63) is 54.0 Å². The molecule has 2 rings (SSSR count). The zero-order valence-electron chi connectivity index (χ0n) is 11.9. The highest BCUT2D eigenvalue weighted by molar-refractivity contribution is 6.31. The Labute approximate surface area is 135 Å². The summed E-state index contributed by atoms with van der Waals surface area (Å²) in [6.07, 6.45) is 0.830. The van der Waals surface area contributed by atoms with E-state index >= 15 is 0 Å². The molecule has 0 bridgehead atoms. The topological polar surface area (TPSA) is 37.6 Å². The number of fused-ring (bicyclic) bond motifs is 1. The number of nitrogens with zero attached hydrogens (tertiary/aromatic N) is 3. The van der Waals surface area contributed by atoms with Gasteiger partial charge in [0.25, 0.3) is 0 Å². The van der Waals surface area contributed by atoms with Crippen LogP contribution in [0.4, 0.5) is 13.2 Å². The summed E-state index contributed by atoms with van der Waals surface area (Å²) in [7, 11) is 0. The molecule has 23 heavy (non-hydrogen) atoms. The van der Waals surface area contributed by atoms with E-state index in [4.69, 9.17) is 11.6 Å². The molecule has 0 aromatic carbocycles. The van der Waals surface area contributed by atoms with Crippen molar-refractivity contribution in [3.8, 4) is 0 Å². The van der Waals surface area contributed by atoms with Crippen LogP contribution in [-0.4, -0.2) is 39.5 Å². The number of carbonyl (C=O) groups is 1. The molecule has 0 radical (unpaired) electrons. The summed E-state index contributed by atoms with van der Waals surface area (Å²) < 4.78 is 39.1. The predicted molar refractivity (Wildman–Crippen MR) is 82.1 cm³/mol. The van der Waals surface area contributed by atoms with Gasteiger partial charge in [-0.15, -0.1) is 6.58 Å². The molecule has 0 spiro atoms. The first-order valence-electron chi connectivity index (χ1n) is 6.59. The molecule has 0 aliphatic heterocycles. The molecule has 1 amide bonds. The molecule has 0 saturated heterocycles. The van der Waals surface area contributed by atoms with Gasteiger partial charge in [0.1, 0.15) is 12.2 Å². The van der Waals surface area contributed by atoms with Crippen molar-refractivity contribution >= 4 is 29.2 Å². The van der Waals surface area contributed by atoms with E-state index in [1.54, 1.807) is 28.8 Å². The third-order valence-corrected chi connectivity index (χ3v) is 3.22. The molecule has 0 aliphatic rings. The van der Waals surface area contributed by atoms with Crippen LogP contribution in [0.25, 0.3) is 11.7 Å². The normalized spacial score (nSPS) is 12.0. The van der Waals surface area contributed by atoms with Crippen LogP contribution in [0.15, 0.2) is 43.1 Å². The van der Waals surface area contributed by atoms with E-state index in [9.17, 15) is 18.0 Å². The minimum Gasteiger partial charge on any atom is -0.326 e. The molecule has 2 heterocycles. The van der Waals surface area contributed by atoms with Crippen molar-refractivity contribution in [3.63, 3.8) is 0 Å². The fourth-order valence-corrected chi connectivity index (χ4v) is 2.24. The Balaban J connectivity index is 2.24. The minimum atomic E-state index is -4.48. The lowest BCUT2D eigenvalue weighted by atomic mass is 10.3. The third-order valence-electron chi connectivity index (χ3n) is 2.94. The fourth-order valence-electron chi connectivity index (χ4n) is 2.00. The van der Waals surface area contributed by atoms with Crippen LogP contribution in [0.2, 0.25) is 5.15 Å². The second-order valence-corrected chi connectivity index (χ2v) is 5.03. The number of aromatic nitrogens is 2. The van der Waals surface area contributed by atoms with Gasteiger partial charge in [0.05, 0.1) is 5.69 Å². The van der Waals surface area contributed by atoms with Crippen molar-refractivity contribution in [2.45, 2.75) is 6.18 Å². The van der Waals surface area contributed by atoms with E-state index in [0.29, 0.717) is 16.2 Å². The molecule has 122 valence electrons. The van der Waals surface area contributed by atoms with Gasteiger partial charge in [0.15, 0.2) is 5.15 Å². The summed E-state index contributed by atoms with van der Waals surface area (Å²) in [6.45, 7) is 1.81. The Morgan fingerprint density at radius 3 is 2.83 bits per heavy atom. The summed E-state index contributed by atoms with van der Waals surface area (Å²) in [5.41, 5.74) is 0.990. The quantitative estimate of drug-likeness (QED) is 0.614. The Morgan fingerprint density at radius 2 is 2.17 bits per heavy atom. The highest BCUT2D eigenvalue weighted by Crippen LogP contribution is 2.20. The maximum atomic E-state index is 12.5. The Morgan fingerprint density at radius 1 is 1.43 bits per heavy atom. The van der Waals surface area contributed by atoms with E-state index < -0.39 is 18.6 Å². The van der Waals surface area contributed by atoms with Crippen LogP contribution in [0.5, 0.6) is 0 Å². The van der Waals surface area contributed by atoms with E-state index in [-0.39, 0.29) is 11.7 Å². The second-order valence-electron chi connectivity index (χ2n) is 4.67. The number of rotatable bonds is 5. The molecule has 2 aromatic rings. The first-order chi connectivity index (χ1) is 10.8. The number of imidazole rings is 1. The summed E-state index contributed by atoms with van der Waals surface area (Å²) in [4.78, 5) is 16.7. The summed E-state index contributed by atoms with van der Waals surface area (Å²) >= 11 is 5.99. The first kappa shape index (κ1) is 17.1. The second kappa shape index (κ2) is 6.87. The lowest BCUT2D eigenvalue weighted by molar-refractivity contribution is -0.157. The van der Waals surface area contributed by atoms with Gasteiger partial charge in [-0.3, -0.25) is 9.20 Å². The monoisotopic (exact) mass is 343 g/mol. The predicted octanol–water partition coefficient (Wildman–Crippen LogP) is 3.58. The van der Waals surface area contributed by atoms with Gasteiger partial charge in [-0.25, -0.2) is 4.98 Å². The minimum absolute atomic E-state index is 0.159. The number of amides is 1. The first-order valence-corrected chi connectivity index (χ1v) is 6.97. The van der Waals surface area contributed by atoms with E-state index in [2.05, 4.69) is 11.6 Å². The van der Waals surface area contributed by atoms with Gasteiger partial charge in [-0.2, -0.15) is 13.2 Å². The fraction of sp³-hybridized carbons (Fsp3) is 0.200. The maximum Gasteiger partial charge on any atom is 0.406 e. The molecule has 0 unspecified atom stereocenters. The average molecular weight is 344 g/mol. The van der Waals surface area contributed by atoms with Gasteiger partial charge in [0, 0.05) is 18.8 Å². The Kier molecular flexibility index (Phi) is 5.10. The van der Waals surface area contributed by atoms with Crippen molar-refractivity contribution in [2.24, 2.45) is 0 Å². The van der Waals surface area contributed by atoms with Crippen LogP contribution in [0.1, 0.15) is 5.69 Å². The lowest BCUT2D eigenvalue weighted by Crippen LogP contribution is -2.38. The van der Waals surface area contributed by atoms with E-state index in [1.807, 2.05) is 0 Å². The van der Waals surface area contributed by atoms with Crippen LogP contribution < -0.4 is 0 Å². The van der Waals surface area contributed by atoms with E-state index in [0.717, 1.165) is 6.08 Å². The van der Waals surface area contributed by atoms with Crippen molar-refractivity contribution in [1.29, 1.82) is 0 Å². The average Bonchev–Trinajstić information content (AvgIpc) is 2.78. The molecular formula is C15H13ClF3N3O. The molecule has 0 atom stereocenters. The Hall–Kier alpha value is -2.28. The highest BCUT2D eigenvalue weighted by atomic mass is 35.5. The maximum absolute atomic E-state index is 12.5. The van der Waals surface area contributed by atoms with Gasteiger partial charge in [0.2, 0.25) is 5.91 Å². The number of hydrogen-bond acceptors (Lipinski definition) is 2. The SMILES string of the molecule is C=CCN(CC(F)(F)F)C(=O)/C=C/c1c(Cl)nc2ccccn12. The number of halogens is 4. The number of carbonyl (C=O) groups excluding carboxylic acids is 1. The van der Waals surface area contributed by atoms with Crippen LogP contribution in [-0.2, 0) is 4.79 Å². The van der Waals surface area contributed by atoms with Crippen molar-refractivity contribution in [1.82, 2.24) is 14.3 Å². The largest absolute Gasteiger partial charge is 0.406 e. The zero-order chi connectivity index (χ0) is 17.0. The van der Waals surface area contributed by atoms with E-state index in [1.165, 1.54) is 12.2 Å². The van der Waals surface area contributed by atoms with Crippen LogP contribution in [0.3, 0.4) is 0 Å². The van der Waals surface area contributed by atoms with Crippen molar-refractivity contribution < 1.29 is 18.0 Å². The summed E-state index contributed by atoms with van der Waals surface area (Å²) in [5, 5.41) is 0.159. The van der Waals surface area contributed by atoms with Gasteiger partial charge >= 0.3 is 6.18 Å². The smallest absolute Gasteiger partial charge is 0.326 e. The lowest BCUT2D eigenvalue weighted by Gasteiger charge is -2.20. The summed E-state index contributed by atoms with van der Waals surface area (Å²) in [5.74, 6) is -0.788. The van der Waals surface area contributed by atoms with Crippen LogP contribution >= 0.6 is 11.6 Å². The molecule has 0 saturated carbocycles. The Bertz CT molecular complexity index is 752. The molecule has 0 fully saturated rings. The molecule has 8 heteroatoms. The zero-order valence-corrected chi connectivity index (χ0v) is 12.7. The highest BCUT2D eigenvalue weighted by Gasteiger charge is 2.31. The molecule has 0 N–H and O–H groups in total. The third kappa shape index (κ3) is 4.35. The molecule has 0 aliphatic carbocycles. The molecular weight excluding hydrogens is 331 g/mol. The number of alkyl halides is 3. The number of pyridine rings is 1. The van der Waals surface area contributed by atoms with Gasteiger partial charge < -0.3 is 4.90 Å². The summed E-state index contributed by atoms with van der Waals surface area (Å²) in [6, 6.07) is 5.24. The standard InChI is InChI=1S/C15H13ClF3N3O/c1-2-8-21(10-15(17,18)19)13(23)7-6-11-14(16)20-12-5-3-4-9-22(11)12/h2-7,9H,1,8,10H2/b7-6+. The van der Waals surface area contributed by atoms with Crippen molar-refractivity contribution in [2.75, 3.05) is 13.1 Å². The van der Waals surface area contributed by atoms with Gasteiger partial charge in [-0.1, -0.05) is 23.7 Å². The number of hydrogen-bond donors (Lipinski definition) is 0. The molecule has 4 nitrogen and oxygen atoms in total. The van der Waals surface area contributed by atoms with Crippen LogP contribution in [0, 0.1) is 0 Å². The molecule has 2 aromatic heterocycles. The van der Waals surface area contributed by atoms with Gasteiger partial charge in [-0.05, 0) is 18.2 Å².